The Bertz CT molecular complexity index is 1390. The SMILES string of the molecule is C/C=C\COCc1c(S(C)(=O)=O)ccc(C(=O)c2cnn(CC)c2OC(=O)c2cnn(C)c2)c1Cl. The quantitative estimate of drug-likeness (QED) is 0.173. The highest BCUT2D eigenvalue weighted by Gasteiger charge is 2.27. The molecule has 10 nitrogen and oxygen atoms in total. The Morgan fingerprint density at radius 1 is 1.17 bits per heavy atom. The van der Waals surface area contributed by atoms with Crippen LogP contribution in [0, 0.1) is 0 Å². The molecular formula is C23H25ClN4O6S. The molecule has 1 aromatic carbocycles. The van der Waals surface area contributed by atoms with E-state index in [1.807, 2.05) is 6.92 Å². The number of benzene rings is 1. The molecule has 0 atom stereocenters. The van der Waals surface area contributed by atoms with Crippen LogP contribution in [0.1, 0.15) is 45.7 Å². The van der Waals surface area contributed by atoms with Gasteiger partial charge in [-0.05, 0) is 26.0 Å². The maximum Gasteiger partial charge on any atom is 0.348 e. The summed E-state index contributed by atoms with van der Waals surface area (Å²) in [4.78, 5) is 26.1. The lowest BCUT2D eigenvalue weighted by atomic mass is 10.0. The number of hydrogen-bond acceptors (Lipinski definition) is 8. The van der Waals surface area contributed by atoms with E-state index in [1.165, 1.54) is 40.1 Å². The van der Waals surface area contributed by atoms with Gasteiger partial charge < -0.3 is 9.47 Å². The molecule has 0 fully saturated rings. The van der Waals surface area contributed by atoms with Gasteiger partial charge in [-0.25, -0.2) is 17.9 Å². The first kappa shape index (κ1) is 26.3. The molecule has 0 unspecified atom stereocenters. The fourth-order valence-electron chi connectivity index (χ4n) is 3.27. The smallest absolute Gasteiger partial charge is 0.348 e. The van der Waals surface area contributed by atoms with Gasteiger partial charge in [0, 0.05) is 37.2 Å². The number of ether oxygens (including phenoxy) is 2. The van der Waals surface area contributed by atoms with Crippen LogP contribution in [0.5, 0.6) is 5.88 Å². The summed E-state index contributed by atoms with van der Waals surface area (Å²) in [6, 6.07) is 2.64. The fourth-order valence-corrected chi connectivity index (χ4v) is 4.55. The molecule has 0 saturated heterocycles. The normalized spacial score (nSPS) is 11.8. The molecule has 12 heteroatoms. The highest BCUT2D eigenvalue weighted by atomic mass is 35.5. The van der Waals surface area contributed by atoms with Crippen LogP contribution < -0.4 is 4.74 Å². The highest BCUT2D eigenvalue weighted by molar-refractivity contribution is 7.90. The molecular weight excluding hydrogens is 496 g/mol. The number of aromatic nitrogens is 4. The molecule has 35 heavy (non-hydrogen) atoms. The minimum atomic E-state index is -3.65. The lowest BCUT2D eigenvalue weighted by Gasteiger charge is -2.14. The van der Waals surface area contributed by atoms with Crippen molar-refractivity contribution in [3.8, 4) is 5.88 Å². The van der Waals surface area contributed by atoms with Crippen molar-refractivity contribution in [2.24, 2.45) is 7.05 Å². The number of nitrogens with zero attached hydrogens (tertiary/aromatic N) is 4. The molecule has 0 spiro atoms. The van der Waals surface area contributed by atoms with Gasteiger partial charge in [0.25, 0.3) is 0 Å². The topological polar surface area (TPSA) is 122 Å². The number of allylic oxidation sites excluding steroid dienone is 1. The second-order valence-electron chi connectivity index (χ2n) is 7.56. The Kier molecular flexibility index (Phi) is 8.26. The molecule has 0 aliphatic rings. The highest BCUT2D eigenvalue weighted by Crippen LogP contribution is 2.32. The molecule has 0 N–H and O–H groups in total. The van der Waals surface area contributed by atoms with E-state index in [2.05, 4.69) is 10.2 Å². The first-order chi connectivity index (χ1) is 16.6. The van der Waals surface area contributed by atoms with Crippen LogP contribution in [0.2, 0.25) is 5.02 Å². The minimum absolute atomic E-state index is 0.00104. The molecule has 2 heterocycles. The van der Waals surface area contributed by atoms with Crippen molar-refractivity contribution < 1.29 is 27.5 Å². The summed E-state index contributed by atoms with van der Waals surface area (Å²) >= 11 is 6.55. The summed E-state index contributed by atoms with van der Waals surface area (Å²) < 4.78 is 38.5. The van der Waals surface area contributed by atoms with Crippen molar-refractivity contribution in [2.75, 3.05) is 12.9 Å². The second kappa shape index (κ2) is 11.0. The van der Waals surface area contributed by atoms with Crippen molar-refractivity contribution in [2.45, 2.75) is 31.9 Å². The van der Waals surface area contributed by atoms with Crippen LogP contribution in [0.15, 0.2) is 47.8 Å². The van der Waals surface area contributed by atoms with E-state index in [0.717, 1.165) is 6.26 Å². The molecule has 0 aliphatic heterocycles. The molecule has 186 valence electrons. The van der Waals surface area contributed by atoms with Gasteiger partial charge in [0.15, 0.2) is 9.84 Å². The number of halogens is 1. The second-order valence-corrected chi connectivity index (χ2v) is 9.92. The van der Waals surface area contributed by atoms with E-state index in [4.69, 9.17) is 21.1 Å². The van der Waals surface area contributed by atoms with Crippen LogP contribution in [-0.4, -0.2) is 52.6 Å². The predicted octanol–water partition coefficient (Wildman–Crippen LogP) is 3.24. The summed E-state index contributed by atoms with van der Waals surface area (Å²) in [7, 11) is -1.99. The van der Waals surface area contributed by atoms with Crippen LogP contribution in [-0.2, 0) is 34.8 Å². The van der Waals surface area contributed by atoms with Crippen molar-refractivity contribution >= 4 is 33.2 Å². The van der Waals surface area contributed by atoms with Crippen LogP contribution >= 0.6 is 11.6 Å². The summed E-state index contributed by atoms with van der Waals surface area (Å²) in [6.45, 7) is 4.05. The van der Waals surface area contributed by atoms with Gasteiger partial charge in [0.1, 0.15) is 5.56 Å². The number of esters is 1. The van der Waals surface area contributed by atoms with Gasteiger partial charge in [-0.1, -0.05) is 23.8 Å². The third-order valence-electron chi connectivity index (χ3n) is 5.01. The Morgan fingerprint density at radius 2 is 1.91 bits per heavy atom. The number of hydrogen-bond donors (Lipinski definition) is 0. The Hall–Kier alpha value is -3.28. The molecule has 3 aromatic rings. The lowest BCUT2D eigenvalue weighted by molar-refractivity contribution is 0.0716. The molecule has 0 bridgehead atoms. The van der Waals surface area contributed by atoms with E-state index < -0.39 is 21.6 Å². The Labute approximate surface area is 208 Å². The molecule has 0 aliphatic carbocycles. The van der Waals surface area contributed by atoms with Gasteiger partial charge in [0.05, 0.1) is 41.1 Å². The number of carbonyl (C=O) groups is 2. The average molecular weight is 521 g/mol. The van der Waals surface area contributed by atoms with Crippen molar-refractivity contribution in [3.05, 3.63) is 70.2 Å². The number of aryl methyl sites for hydroxylation is 2. The van der Waals surface area contributed by atoms with Gasteiger partial charge in [-0.15, -0.1) is 0 Å². The zero-order valence-corrected chi connectivity index (χ0v) is 21.3. The number of ketones is 1. The standard InChI is InChI=1S/C23H25ClN4O6S/c1-5-7-10-33-14-18-19(35(4,31)32)9-8-16(20(18)24)21(29)17-12-26-28(6-2)22(17)34-23(30)15-11-25-27(3)13-15/h5,7-9,11-13H,6,10,14H2,1-4H3/b7-5-. The third-order valence-corrected chi connectivity index (χ3v) is 6.62. The van der Waals surface area contributed by atoms with Crippen molar-refractivity contribution in [1.82, 2.24) is 19.6 Å². The zero-order chi connectivity index (χ0) is 25.8. The van der Waals surface area contributed by atoms with Crippen molar-refractivity contribution in [3.63, 3.8) is 0 Å². The van der Waals surface area contributed by atoms with E-state index in [1.54, 1.807) is 26.1 Å². The van der Waals surface area contributed by atoms with Crippen molar-refractivity contribution in [1.29, 1.82) is 0 Å². The van der Waals surface area contributed by atoms with E-state index in [9.17, 15) is 18.0 Å². The van der Waals surface area contributed by atoms with Gasteiger partial charge in [0.2, 0.25) is 11.7 Å². The number of rotatable bonds is 10. The third kappa shape index (κ3) is 5.87. The van der Waals surface area contributed by atoms with Crippen LogP contribution in [0.3, 0.4) is 0 Å². The first-order valence-corrected chi connectivity index (χ1v) is 12.9. The summed E-state index contributed by atoms with van der Waals surface area (Å²) in [5.41, 5.74) is 0.393. The molecule has 3 rings (SSSR count). The van der Waals surface area contributed by atoms with Crippen LogP contribution in [0.25, 0.3) is 0 Å². The fraction of sp³-hybridized carbons (Fsp3) is 0.304. The molecule has 0 saturated carbocycles. The Morgan fingerprint density at radius 3 is 2.51 bits per heavy atom. The maximum atomic E-state index is 13.5. The monoisotopic (exact) mass is 520 g/mol. The lowest BCUT2D eigenvalue weighted by Crippen LogP contribution is -2.15. The predicted molar refractivity (Wildman–Crippen MR) is 129 cm³/mol. The van der Waals surface area contributed by atoms with Gasteiger partial charge in [-0.3, -0.25) is 9.48 Å². The molecule has 2 aromatic heterocycles. The van der Waals surface area contributed by atoms with Gasteiger partial charge >= 0.3 is 5.97 Å². The van der Waals surface area contributed by atoms with E-state index in [-0.39, 0.29) is 51.3 Å². The summed E-state index contributed by atoms with van der Waals surface area (Å²) in [5.74, 6) is -1.35. The first-order valence-electron chi connectivity index (χ1n) is 10.6. The molecule has 0 radical (unpaired) electrons. The zero-order valence-electron chi connectivity index (χ0n) is 19.7. The number of sulfone groups is 1. The molecule has 0 amide bonds. The van der Waals surface area contributed by atoms with E-state index >= 15 is 0 Å². The van der Waals surface area contributed by atoms with E-state index in [0.29, 0.717) is 6.54 Å². The van der Waals surface area contributed by atoms with Crippen LogP contribution in [0.4, 0.5) is 0 Å². The largest absolute Gasteiger partial charge is 0.403 e. The summed E-state index contributed by atoms with van der Waals surface area (Å²) in [5, 5.41) is 8.02. The van der Waals surface area contributed by atoms with Gasteiger partial charge in [-0.2, -0.15) is 10.2 Å². The average Bonchev–Trinajstić information content (AvgIpc) is 3.42. The maximum absolute atomic E-state index is 13.5. The Balaban J connectivity index is 2.02. The minimum Gasteiger partial charge on any atom is -0.403 e. The number of carbonyl (C=O) groups excluding carboxylic acids is 2. The summed E-state index contributed by atoms with van der Waals surface area (Å²) in [6.07, 6.45) is 8.70.